The van der Waals surface area contributed by atoms with Crippen molar-refractivity contribution < 1.29 is 19.4 Å². The van der Waals surface area contributed by atoms with Crippen molar-refractivity contribution in [1.29, 1.82) is 0 Å². The molecule has 2 aliphatic heterocycles. The van der Waals surface area contributed by atoms with Crippen molar-refractivity contribution in [2.75, 3.05) is 26.2 Å². The molecular weight excluding hydrogens is 300 g/mol. The summed E-state index contributed by atoms with van der Waals surface area (Å²) in [6.45, 7) is 3.66. The van der Waals surface area contributed by atoms with E-state index in [1.807, 2.05) is 0 Å². The maximum absolute atomic E-state index is 12.2. The number of aromatic carboxylic acids is 1. The molecule has 3 heterocycles. The van der Waals surface area contributed by atoms with Crippen molar-refractivity contribution in [1.82, 2.24) is 20.2 Å². The molecule has 0 radical (unpaired) electrons. The van der Waals surface area contributed by atoms with Crippen LogP contribution >= 0.6 is 0 Å². The largest absolute Gasteiger partial charge is 0.477 e. The number of nitrogens with one attached hydrogen (secondary N) is 2. The lowest BCUT2D eigenvalue weighted by Gasteiger charge is -2.33. The number of piperidine rings is 1. The van der Waals surface area contributed by atoms with Crippen LogP contribution in [0.3, 0.4) is 0 Å². The van der Waals surface area contributed by atoms with Gasteiger partial charge in [-0.3, -0.25) is 4.79 Å². The van der Waals surface area contributed by atoms with E-state index < -0.39 is 11.9 Å². The molecule has 2 aliphatic rings. The number of H-pyrrole nitrogens is 1. The highest BCUT2D eigenvalue weighted by Gasteiger charge is 2.26. The normalized spacial score (nSPS) is 23.0. The predicted octanol–water partition coefficient (Wildman–Crippen LogP) is 0.481. The zero-order valence-electron chi connectivity index (χ0n) is 13.0. The van der Waals surface area contributed by atoms with E-state index in [0.29, 0.717) is 6.10 Å². The molecule has 8 nitrogen and oxygen atoms in total. The number of aromatic nitrogens is 2. The first kappa shape index (κ1) is 15.9. The molecule has 1 aromatic rings. The Kier molecular flexibility index (Phi) is 4.92. The molecule has 1 atom stereocenters. The van der Waals surface area contributed by atoms with Gasteiger partial charge in [-0.15, -0.1) is 0 Å². The smallest absolute Gasteiger partial charge is 0.354 e. The van der Waals surface area contributed by atoms with E-state index in [1.54, 1.807) is 0 Å². The van der Waals surface area contributed by atoms with E-state index in [-0.39, 0.29) is 17.4 Å². The second-order valence-electron chi connectivity index (χ2n) is 6.11. The van der Waals surface area contributed by atoms with Crippen molar-refractivity contribution in [2.45, 2.75) is 37.8 Å². The third-order valence-electron chi connectivity index (χ3n) is 4.48. The number of carbonyl (C=O) groups excluding carboxylic acids is 1. The molecule has 2 saturated heterocycles. The quantitative estimate of drug-likeness (QED) is 0.728. The molecular formula is C15H22N4O4. The Balaban J connectivity index is 1.47. The Morgan fingerprint density at radius 1 is 1.39 bits per heavy atom. The average Bonchev–Trinajstić information content (AvgIpc) is 3.20. The summed E-state index contributed by atoms with van der Waals surface area (Å²) >= 11 is 0. The van der Waals surface area contributed by atoms with Crippen LogP contribution in [0.15, 0.2) is 6.33 Å². The molecule has 8 heteroatoms. The van der Waals surface area contributed by atoms with E-state index in [2.05, 4.69) is 20.2 Å². The number of aromatic amines is 1. The van der Waals surface area contributed by atoms with Crippen LogP contribution in [0.1, 0.15) is 46.7 Å². The summed E-state index contributed by atoms with van der Waals surface area (Å²) in [4.78, 5) is 31.8. The van der Waals surface area contributed by atoms with Crippen LogP contribution in [0.5, 0.6) is 0 Å². The topological polar surface area (TPSA) is 108 Å². The second-order valence-corrected chi connectivity index (χ2v) is 6.11. The Bertz CT molecular complexity index is 560. The second kappa shape index (κ2) is 7.10. The molecule has 0 bridgehead atoms. The molecule has 126 valence electrons. The summed E-state index contributed by atoms with van der Waals surface area (Å²) in [5, 5.41) is 11.9. The summed E-state index contributed by atoms with van der Waals surface area (Å²) in [5.41, 5.74) is -0.224. The minimum Gasteiger partial charge on any atom is -0.477 e. The number of hydrogen-bond donors (Lipinski definition) is 3. The van der Waals surface area contributed by atoms with Crippen LogP contribution in [0.4, 0.5) is 0 Å². The third-order valence-corrected chi connectivity index (χ3v) is 4.48. The highest BCUT2D eigenvalue weighted by molar-refractivity contribution is 6.02. The maximum atomic E-state index is 12.2. The lowest BCUT2D eigenvalue weighted by atomic mass is 10.0. The van der Waals surface area contributed by atoms with Crippen LogP contribution in [0, 0.1) is 0 Å². The molecule has 1 aromatic heterocycles. The molecule has 3 rings (SSSR count). The zero-order chi connectivity index (χ0) is 16.2. The summed E-state index contributed by atoms with van der Waals surface area (Å²) in [6.07, 6.45) is 5.56. The summed E-state index contributed by atoms with van der Waals surface area (Å²) < 4.78 is 5.65. The number of amides is 1. The van der Waals surface area contributed by atoms with Crippen molar-refractivity contribution in [3.63, 3.8) is 0 Å². The molecule has 23 heavy (non-hydrogen) atoms. The van der Waals surface area contributed by atoms with Crippen LogP contribution < -0.4 is 5.32 Å². The Labute approximate surface area is 134 Å². The third kappa shape index (κ3) is 3.89. The number of hydrogen-bond acceptors (Lipinski definition) is 5. The minimum atomic E-state index is -1.18. The number of carboxylic acids is 1. The first-order valence-electron chi connectivity index (χ1n) is 8.05. The van der Waals surface area contributed by atoms with Gasteiger partial charge >= 0.3 is 5.97 Å². The van der Waals surface area contributed by atoms with E-state index >= 15 is 0 Å². The van der Waals surface area contributed by atoms with Gasteiger partial charge in [-0.2, -0.15) is 0 Å². The fraction of sp³-hybridized carbons (Fsp3) is 0.667. The number of nitrogens with zero attached hydrogens (tertiary/aromatic N) is 2. The summed E-state index contributed by atoms with van der Waals surface area (Å²) in [7, 11) is 0. The highest BCUT2D eigenvalue weighted by atomic mass is 16.5. The SMILES string of the molecule is O=C(NC1CCN(CC2CCCO2)CC1)c1nc[nH]c1C(=O)O. The fourth-order valence-corrected chi connectivity index (χ4v) is 3.22. The number of likely N-dealkylation sites (tertiary alicyclic amines) is 1. The molecule has 0 aliphatic carbocycles. The predicted molar refractivity (Wildman–Crippen MR) is 81.4 cm³/mol. The first-order chi connectivity index (χ1) is 11.1. The monoisotopic (exact) mass is 322 g/mol. The lowest BCUT2D eigenvalue weighted by Crippen LogP contribution is -2.46. The highest BCUT2D eigenvalue weighted by Crippen LogP contribution is 2.17. The molecule has 1 amide bonds. The Morgan fingerprint density at radius 2 is 2.17 bits per heavy atom. The number of ether oxygens (including phenoxy) is 1. The zero-order valence-corrected chi connectivity index (χ0v) is 13.0. The van der Waals surface area contributed by atoms with E-state index in [9.17, 15) is 9.59 Å². The average molecular weight is 322 g/mol. The van der Waals surface area contributed by atoms with Crippen LogP contribution in [0.25, 0.3) is 0 Å². The standard InChI is InChI=1S/C15H22N4O4/c20-14(12-13(15(21)22)17-9-16-12)18-10-3-5-19(6-4-10)8-11-2-1-7-23-11/h9-11H,1-8H2,(H,16,17)(H,18,20)(H,21,22). The summed E-state index contributed by atoms with van der Waals surface area (Å²) in [5.74, 6) is -1.61. The van der Waals surface area contributed by atoms with Crippen molar-refractivity contribution in [2.24, 2.45) is 0 Å². The Morgan fingerprint density at radius 3 is 2.83 bits per heavy atom. The molecule has 0 aromatic carbocycles. The van der Waals surface area contributed by atoms with Gasteiger partial charge in [0.05, 0.1) is 12.4 Å². The number of carbonyl (C=O) groups is 2. The van der Waals surface area contributed by atoms with Gasteiger partial charge in [0.2, 0.25) is 0 Å². The van der Waals surface area contributed by atoms with E-state index in [4.69, 9.17) is 9.84 Å². The number of imidazole rings is 1. The van der Waals surface area contributed by atoms with Gasteiger partial charge in [-0.1, -0.05) is 0 Å². The van der Waals surface area contributed by atoms with Gasteiger partial charge in [-0.25, -0.2) is 9.78 Å². The molecule has 0 saturated carbocycles. The van der Waals surface area contributed by atoms with Gasteiger partial charge in [0, 0.05) is 32.3 Å². The Hall–Kier alpha value is -1.93. The van der Waals surface area contributed by atoms with Gasteiger partial charge in [-0.05, 0) is 25.7 Å². The van der Waals surface area contributed by atoms with Crippen molar-refractivity contribution >= 4 is 11.9 Å². The van der Waals surface area contributed by atoms with Gasteiger partial charge in [0.1, 0.15) is 0 Å². The van der Waals surface area contributed by atoms with Gasteiger partial charge in [0.15, 0.2) is 11.4 Å². The van der Waals surface area contributed by atoms with Crippen LogP contribution in [-0.4, -0.2) is 70.2 Å². The number of carboxylic acid groups (broad SMARTS) is 1. The molecule has 2 fully saturated rings. The number of rotatable bonds is 5. The van der Waals surface area contributed by atoms with E-state index in [1.165, 1.54) is 6.33 Å². The van der Waals surface area contributed by atoms with Crippen molar-refractivity contribution in [3.8, 4) is 0 Å². The van der Waals surface area contributed by atoms with E-state index in [0.717, 1.165) is 51.9 Å². The minimum absolute atomic E-state index is 0.0562. The lowest BCUT2D eigenvalue weighted by molar-refractivity contribution is 0.0611. The molecule has 3 N–H and O–H groups in total. The maximum Gasteiger partial charge on any atom is 0.354 e. The fourth-order valence-electron chi connectivity index (χ4n) is 3.22. The van der Waals surface area contributed by atoms with Crippen molar-refractivity contribution in [3.05, 3.63) is 17.7 Å². The first-order valence-corrected chi connectivity index (χ1v) is 8.05. The van der Waals surface area contributed by atoms with Gasteiger partial charge in [0.25, 0.3) is 5.91 Å². The molecule has 0 spiro atoms. The summed E-state index contributed by atoms with van der Waals surface area (Å²) in [6, 6.07) is 0.0570. The van der Waals surface area contributed by atoms with Crippen LogP contribution in [-0.2, 0) is 4.74 Å². The molecule has 1 unspecified atom stereocenters. The van der Waals surface area contributed by atoms with Gasteiger partial charge < -0.3 is 25.0 Å². The van der Waals surface area contributed by atoms with Crippen LogP contribution in [0.2, 0.25) is 0 Å².